The van der Waals surface area contributed by atoms with Gasteiger partial charge in [-0.15, -0.1) is 0 Å². The third-order valence-electron chi connectivity index (χ3n) is 4.87. The number of ketones is 1. The van der Waals surface area contributed by atoms with Crippen molar-refractivity contribution in [1.29, 1.82) is 0 Å². The van der Waals surface area contributed by atoms with Gasteiger partial charge in [-0.3, -0.25) is 4.79 Å². The summed E-state index contributed by atoms with van der Waals surface area (Å²) in [6.07, 6.45) is 9.47. The Morgan fingerprint density at radius 1 is 1.32 bits per heavy atom. The predicted octanol–water partition coefficient (Wildman–Crippen LogP) is 2.07. The maximum absolute atomic E-state index is 11.5. The van der Waals surface area contributed by atoms with Crippen LogP contribution in [-0.4, -0.2) is 51.9 Å². The number of hydrogen-bond acceptors (Lipinski definition) is 2. The number of Topliss-reactive ketones (excluding diaryl/α,β-unsaturated/α-hetero) is 1. The number of hydrogen-bond donors (Lipinski definition) is 1. The highest BCUT2D eigenvalue weighted by molar-refractivity contribution is 5.78. The normalized spacial score (nSPS) is 30.8. The van der Waals surface area contributed by atoms with E-state index in [1.54, 1.807) is 0 Å². The lowest BCUT2D eigenvalue weighted by molar-refractivity contribution is -0.773. The summed E-state index contributed by atoms with van der Waals surface area (Å²) in [6, 6.07) is 0. The summed E-state index contributed by atoms with van der Waals surface area (Å²) >= 11 is 0. The topological polar surface area (TPSA) is 57.4 Å². The average molecular weight is 308 g/mol. The first-order valence-corrected chi connectivity index (χ1v) is 8.18. The molecular weight excluding hydrogens is 280 g/mol. The SMILES string of the molecule is CC(=O)C[N+]1(CC(=O)O)C=C[N+](CC2CCC(C(C)C)C2)=C1. The zero-order chi connectivity index (χ0) is 16.3. The quantitative estimate of drug-likeness (QED) is 0.578. The standard InChI is InChI=1S/C17H27N2O3/c1-13(2)16-5-4-15(8-16)9-18-6-7-19(12-18,10-14(3)20)11-17(21)22/h6-7,12-13,15-16H,4-5,8-11H2,1-3H3/q+1/p+1. The predicted molar refractivity (Wildman–Crippen MR) is 84.3 cm³/mol. The molecule has 2 aliphatic rings. The molecular formula is C17H28N2O3+2. The Morgan fingerprint density at radius 3 is 2.59 bits per heavy atom. The van der Waals surface area contributed by atoms with Crippen molar-refractivity contribution in [3.63, 3.8) is 0 Å². The van der Waals surface area contributed by atoms with Gasteiger partial charge in [0.25, 0.3) is 0 Å². The molecule has 0 aromatic carbocycles. The second-order valence-corrected chi connectivity index (χ2v) is 7.31. The number of carbonyl (C=O) groups excluding carboxylic acids is 1. The maximum atomic E-state index is 11.5. The largest absolute Gasteiger partial charge is 0.477 e. The molecule has 1 saturated carbocycles. The molecule has 2 rings (SSSR count). The lowest BCUT2D eigenvalue weighted by Crippen LogP contribution is -2.48. The second-order valence-electron chi connectivity index (χ2n) is 7.31. The molecule has 1 aliphatic heterocycles. The Morgan fingerprint density at radius 2 is 2.05 bits per heavy atom. The van der Waals surface area contributed by atoms with Crippen LogP contribution in [0.1, 0.15) is 40.0 Å². The summed E-state index contributed by atoms with van der Waals surface area (Å²) in [5, 5.41) is 9.12. The van der Waals surface area contributed by atoms with Crippen molar-refractivity contribution >= 4 is 18.1 Å². The molecule has 0 bridgehead atoms. The van der Waals surface area contributed by atoms with Gasteiger partial charge in [0.15, 0.2) is 31.6 Å². The van der Waals surface area contributed by atoms with Gasteiger partial charge in [-0.1, -0.05) is 13.8 Å². The molecule has 22 heavy (non-hydrogen) atoms. The van der Waals surface area contributed by atoms with Crippen molar-refractivity contribution in [2.75, 3.05) is 19.6 Å². The van der Waals surface area contributed by atoms with E-state index < -0.39 is 5.97 Å². The summed E-state index contributed by atoms with van der Waals surface area (Å²) in [5.74, 6) is 1.33. The monoisotopic (exact) mass is 308 g/mol. The minimum Gasteiger partial charge on any atom is -0.477 e. The van der Waals surface area contributed by atoms with Crippen molar-refractivity contribution < 1.29 is 23.8 Å². The Balaban J connectivity index is 2.02. The Bertz CT molecular complexity index is 492. The summed E-state index contributed by atoms with van der Waals surface area (Å²) in [6.45, 7) is 7.14. The summed E-state index contributed by atoms with van der Waals surface area (Å²) in [7, 11) is 0. The zero-order valence-electron chi connectivity index (χ0n) is 13.9. The molecule has 0 aromatic rings. The van der Waals surface area contributed by atoms with Crippen LogP contribution in [0.3, 0.4) is 0 Å². The Hall–Kier alpha value is -1.49. The van der Waals surface area contributed by atoms with Crippen molar-refractivity contribution in [2.24, 2.45) is 17.8 Å². The smallest absolute Gasteiger partial charge is 0.360 e. The van der Waals surface area contributed by atoms with E-state index in [-0.39, 0.29) is 23.4 Å². The second kappa shape index (κ2) is 6.73. The van der Waals surface area contributed by atoms with Gasteiger partial charge in [0.1, 0.15) is 0 Å². The fourth-order valence-corrected chi connectivity index (χ4v) is 3.79. The number of quaternary nitrogens is 1. The molecule has 1 N–H and O–H groups in total. The van der Waals surface area contributed by atoms with E-state index in [1.165, 1.54) is 26.2 Å². The Labute approximate surface area is 132 Å². The summed E-state index contributed by atoms with van der Waals surface area (Å²) < 4.78 is 2.18. The molecule has 0 amide bonds. The molecule has 122 valence electrons. The molecule has 1 aliphatic carbocycles. The van der Waals surface area contributed by atoms with Crippen LogP contribution in [0.5, 0.6) is 0 Å². The highest BCUT2D eigenvalue weighted by Gasteiger charge is 2.39. The minimum absolute atomic E-state index is 0.00439. The molecule has 0 radical (unpaired) electrons. The van der Waals surface area contributed by atoms with Crippen LogP contribution in [-0.2, 0) is 9.59 Å². The van der Waals surface area contributed by atoms with Crippen LogP contribution >= 0.6 is 0 Å². The van der Waals surface area contributed by atoms with E-state index in [1.807, 2.05) is 18.7 Å². The highest BCUT2D eigenvalue weighted by Crippen LogP contribution is 2.35. The number of nitrogens with zero attached hydrogens (tertiary/aromatic N) is 2. The van der Waals surface area contributed by atoms with Crippen LogP contribution in [0.4, 0.5) is 0 Å². The van der Waals surface area contributed by atoms with Crippen LogP contribution in [0.2, 0.25) is 0 Å². The van der Waals surface area contributed by atoms with Crippen LogP contribution in [0.15, 0.2) is 12.4 Å². The first kappa shape index (κ1) is 16.9. The van der Waals surface area contributed by atoms with Crippen LogP contribution in [0, 0.1) is 17.8 Å². The van der Waals surface area contributed by atoms with Gasteiger partial charge < -0.3 is 5.11 Å². The molecule has 1 heterocycles. The van der Waals surface area contributed by atoms with E-state index in [4.69, 9.17) is 5.11 Å². The van der Waals surface area contributed by atoms with Gasteiger partial charge >= 0.3 is 12.3 Å². The first-order chi connectivity index (χ1) is 10.3. The van der Waals surface area contributed by atoms with E-state index in [0.717, 1.165) is 18.4 Å². The maximum Gasteiger partial charge on any atom is 0.360 e. The number of carboxylic acid groups (broad SMARTS) is 1. The Kier molecular flexibility index (Phi) is 5.16. The summed E-state index contributed by atoms with van der Waals surface area (Å²) in [4.78, 5) is 22.6. The number of rotatable bonds is 7. The molecule has 5 heteroatoms. The number of carbonyl (C=O) groups is 2. The zero-order valence-corrected chi connectivity index (χ0v) is 13.9. The summed E-state index contributed by atoms with van der Waals surface area (Å²) in [5.41, 5.74) is 0. The van der Waals surface area contributed by atoms with Crippen molar-refractivity contribution in [2.45, 2.75) is 40.0 Å². The fraction of sp³-hybridized carbons (Fsp3) is 0.706. The van der Waals surface area contributed by atoms with Gasteiger partial charge in [-0.25, -0.2) is 4.79 Å². The molecule has 3 atom stereocenters. The average Bonchev–Trinajstić information content (AvgIpc) is 2.96. The minimum atomic E-state index is -0.885. The van der Waals surface area contributed by atoms with Gasteiger partial charge in [0.2, 0.25) is 6.20 Å². The van der Waals surface area contributed by atoms with Gasteiger partial charge in [0.05, 0.1) is 0 Å². The molecule has 1 fully saturated rings. The van der Waals surface area contributed by atoms with E-state index in [2.05, 4.69) is 18.4 Å². The van der Waals surface area contributed by atoms with Crippen molar-refractivity contribution in [3.8, 4) is 0 Å². The lowest BCUT2D eigenvalue weighted by atomic mass is 9.93. The van der Waals surface area contributed by atoms with Gasteiger partial charge in [-0.05, 0) is 31.1 Å². The third-order valence-corrected chi connectivity index (χ3v) is 4.87. The molecule has 5 nitrogen and oxygen atoms in total. The van der Waals surface area contributed by atoms with Gasteiger partial charge in [0, 0.05) is 12.8 Å². The third kappa shape index (κ3) is 4.26. The molecule has 0 saturated heterocycles. The van der Waals surface area contributed by atoms with Crippen LogP contribution < -0.4 is 0 Å². The van der Waals surface area contributed by atoms with E-state index >= 15 is 0 Å². The van der Waals surface area contributed by atoms with E-state index in [0.29, 0.717) is 5.92 Å². The fourth-order valence-electron chi connectivity index (χ4n) is 3.79. The molecule has 3 unspecified atom stereocenters. The first-order valence-electron chi connectivity index (χ1n) is 8.18. The van der Waals surface area contributed by atoms with E-state index in [9.17, 15) is 9.59 Å². The highest BCUT2D eigenvalue weighted by atomic mass is 16.4. The molecule has 0 spiro atoms. The number of carboxylic acids is 1. The molecule has 0 aromatic heterocycles. The lowest BCUT2D eigenvalue weighted by Gasteiger charge is -2.20. The van der Waals surface area contributed by atoms with Crippen LogP contribution in [0.25, 0.3) is 0 Å². The number of aliphatic carboxylic acids is 1. The van der Waals surface area contributed by atoms with Crippen molar-refractivity contribution in [3.05, 3.63) is 12.4 Å². The van der Waals surface area contributed by atoms with Crippen molar-refractivity contribution in [1.82, 2.24) is 0 Å². The van der Waals surface area contributed by atoms with Gasteiger partial charge in [-0.2, -0.15) is 9.06 Å².